The van der Waals surface area contributed by atoms with E-state index in [9.17, 15) is 0 Å². The number of pyridine rings is 2. The topological polar surface area (TPSA) is 56.7 Å². The van der Waals surface area contributed by atoms with Crippen molar-refractivity contribution in [1.29, 1.82) is 0 Å². The van der Waals surface area contributed by atoms with Gasteiger partial charge in [-0.2, -0.15) is 0 Å². The van der Waals surface area contributed by atoms with E-state index in [4.69, 9.17) is 9.40 Å². The molecule has 7 rings (SSSR count). The second-order valence-electron chi connectivity index (χ2n) is 13.8. The van der Waals surface area contributed by atoms with E-state index in [2.05, 4.69) is 98.4 Å². The third kappa shape index (κ3) is 7.18. The van der Waals surface area contributed by atoms with E-state index in [1.165, 1.54) is 10.8 Å². The smallest absolute Gasteiger partial charge is 0.124 e. The Morgan fingerprint density at radius 2 is 1.62 bits per heavy atom. The number of imidazole rings is 1. The summed E-state index contributed by atoms with van der Waals surface area (Å²) in [4.78, 5) is 14.0. The summed E-state index contributed by atoms with van der Waals surface area (Å²) in [5.74, 6) is 1.55. The zero-order valence-corrected chi connectivity index (χ0v) is 31.9. The molecule has 0 aliphatic heterocycles. The van der Waals surface area contributed by atoms with Crippen molar-refractivity contribution in [3.05, 3.63) is 109 Å². The number of furan rings is 1. The molecule has 7 heteroatoms. The van der Waals surface area contributed by atoms with Crippen molar-refractivity contribution in [2.24, 2.45) is 5.92 Å². The Bertz CT molecular complexity index is 2140. The molecular weight excluding hydrogens is 773 g/mol. The van der Waals surface area contributed by atoms with Crippen molar-refractivity contribution in [3.8, 4) is 22.6 Å². The van der Waals surface area contributed by atoms with Crippen LogP contribution in [0.15, 0.2) is 89.6 Å². The summed E-state index contributed by atoms with van der Waals surface area (Å²) in [6.45, 7) is 18.0. The molecule has 0 aliphatic carbocycles. The first kappa shape index (κ1) is 34.4. The van der Waals surface area contributed by atoms with E-state index in [0.29, 0.717) is 5.92 Å². The van der Waals surface area contributed by atoms with Crippen LogP contribution in [-0.2, 0) is 26.5 Å². The maximum absolute atomic E-state index is 6.22. The van der Waals surface area contributed by atoms with Gasteiger partial charge in [-0.15, -0.1) is 54.1 Å². The predicted octanol–water partition coefficient (Wildman–Crippen LogP) is 9.98. The van der Waals surface area contributed by atoms with Crippen molar-refractivity contribution in [2.45, 2.75) is 66.7 Å². The monoisotopic (exact) mass is 815 g/mol. The quantitative estimate of drug-likeness (QED) is 0.124. The van der Waals surface area contributed by atoms with Gasteiger partial charge < -0.3 is 14.0 Å². The largest absolute Gasteiger partial charge is 0.500 e. The Morgan fingerprint density at radius 1 is 0.851 bits per heavy atom. The van der Waals surface area contributed by atoms with Crippen LogP contribution in [0.5, 0.6) is 0 Å². The van der Waals surface area contributed by atoms with E-state index in [0.717, 1.165) is 67.7 Å². The maximum Gasteiger partial charge on any atom is 0.124 e. The van der Waals surface area contributed by atoms with Crippen LogP contribution in [0.3, 0.4) is 0 Å². The molecule has 0 saturated carbocycles. The first-order chi connectivity index (χ1) is 22.0. The summed E-state index contributed by atoms with van der Waals surface area (Å²) in [5, 5.41) is 3.56. The van der Waals surface area contributed by atoms with E-state index >= 15 is 0 Å². The second kappa shape index (κ2) is 14.1. The predicted molar refractivity (Wildman–Crippen MR) is 194 cm³/mol. The standard InChI is InChI=1S/C22H18N3O.C18H24NSi.Ir/c1-13(2)25-19-10-5-4-9-18(19)24-22(25)16-8-6-7-15-17-12-23-14(3)11-20(17)26-21(15)16;1-14(2)11-16-12-17(15-9-7-6-8-10-15)19-13-18(16)20(3,4)5;/h4-7,9-13H,1-3H3;6-9,12-14H,11H2,1-5H3;/q2*-1;. The minimum absolute atomic E-state index is 0. The summed E-state index contributed by atoms with van der Waals surface area (Å²) in [6, 6.07) is 31.4. The molecule has 4 aromatic heterocycles. The van der Waals surface area contributed by atoms with Crippen molar-refractivity contribution in [3.63, 3.8) is 0 Å². The van der Waals surface area contributed by atoms with Gasteiger partial charge in [0.2, 0.25) is 0 Å². The SMILES string of the molecule is CC(C)Cc1cc(-c2[c-]cccc2)ncc1[Si](C)(C)C.Cc1cc2oc3c(-c4nc5ccccc5n4C(C)C)[c-]ccc3c2cn1.[Ir]. The molecule has 3 aromatic carbocycles. The van der Waals surface area contributed by atoms with E-state index < -0.39 is 8.07 Å². The van der Waals surface area contributed by atoms with Gasteiger partial charge >= 0.3 is 0 Å². The zero-order valence-electron chi connectivity index (χ0n) is 28.5. The number of hydrogen-bond acceptors (Lipinski definition) is 4. The normalized spacial score (nSPS) is 11.7. The summed E-state index contributed by atoms with van der Waals surface area (Å²) in [7, 11) is -1.34. The fourth-order valence-electron chi connectivity index (χ4n) is 6.12. The fourth-order valence-corrected chi connectivity index (χ4v) is 7.71. The minimum Gasteiger partial charge on any atom is -0.500 e. The van der Waals surface area contributed by atoms with E-state index in [-0.39, 0.29) is 26.1 Å². The van der Waals surface area contributed by atoms with Gasteiger partial charge in [0.05, 0.1) is 30.5 Å². The third-order valence-corrected chi connectivity index (χ3v) is 10.3. The Morgan fingerprint density at radius 3 is 2.32 bits per heavy atom. The van der Waals surface area contributed by atoms with Crippen LogP contribution in [0, 0.1) is 25.0 Å². The van der Waals surface area contributed by atoms with Crippen molar-refractivity contribution >= 4 is 46.2 Å². The number of benzene rings is 3. The van der Waals surface area contributed by atoms with Crippen LogP contribution in [0.2, 0.25) is 19.6 Å². The molecule has 7 aromatic rings. The third-order valence-electron chi connectivity index (χ3n) is 8.20. The molecule has 0 N–H and O–H groups in total. The molecule has 0 fully saturated rings. The van der Waals surface area contributed by atoms with Gasteiger partial charge in [-0.3, -0.25) is 9.97 Å². The van der Waals surface area contributed by atoms with Crippen LogP contribution in [0.25, 0.3) is 55.6 Å². The van der Waals surface area contributed by atoms with Crippen LogP contribution < -0.4 is 5.19 Å². The maximum atomic E-state index is 6.22. The van der Waals surface area contributed by atoms with Gasteiger partial charge in [0.25, 0.3) is 0 Å². The van der Waals surface area contributed by atoms with Crippen LogP contribution in [0.4, 0.5) is 0 Å². The minimum atomic E-state index is -1.34. The fraction of sp³-hybridized carbons (Fsp3) is 0.275. The molecule has 0 saturated heterocycles. The Hall–Kier alpha value is -3.90. The molecule has 0 bridgehead atoms. The van der Waals surface area contributed by atoms with Gasteiger partial charge in [-0.1, -0.05) is 68.2 Å². The Kier molecular flexibility index (Phi) is 10.3. The van der Waals surface area contributed by atoms with Gasteiger partial charge in [0.1, 0.15) is 5.58 Å². The van der Waals surface area contributed by atoms with Gasteiger partial charge in [-0.25, -0.2) is 0 Å². The van der Waals surface area contributed by atoms with Gasteiger partial charge in [0, 0.05) is 55.7 Å². The average molecular weight is 815 g/mol. The number of rotatable bonds is 6. The number of fused-ring (bicyclic) bond motifs is 4. The summed E-state index contributed by atoms with van der Waals surface area (Å²) in [5.41, 5.74) is 9.20. The number of aromatic nitrogens is 4. The molecule has 0 unspecified atom stereocenters. The summed E-state index contributed by atoms with van der Waals surface area (Å²) in [6.07, 6.45) is 5.12. The number of nitrogens with zero attached hydrogens (tertiary/aromatic N) is 4. The van der Waals surface area contributed by atoms with Crippen LogP contribution in [0.1, 0.15) is 45.0 Å². The van der Waals surface area contributed by atoms with E-state index in [1.807, 2.05) is 67.7 Å². The van der Waals surface area contributed by atoms with Crippen molar-refractivity contribution in [1.82, 2.24) is 19.5 Å². The Labute approximate surface area is 292 Å². The second-order valence-corrected chi connectivity index (χ2v) is 18.8. The average Bonchev–Trinajstić information content (AvgIpc) is 3.59. The number of hydrogen-bond donors (Lipinski definition) is 0. The molecule has 0 amide bonds. The molecule has 0 spiro atoms. The van der Waals surface area contributed by atoms with E-state index in [1.54, 1.807) is 0 Å². The van der Waals surface area contributed by atoms with Crippen LogP contribution >= 0.6 is 0 Å². The first-order valence-corrected chi connectivity index (χ1v) is 19.6. The van der Waals surface area contributed by atoms with Gasteiger partial charge in [-0.05, 0) is 56.1 Å². The molecule has 0 atom stereocenters. The molecule has 47 heavy (non-hydrogen) atoms. The molecule has 4 heterocycles. The van der Waals surface area contributed by atoms with Gasteiger partial charge in [0.15, 0.2) is 0 Å². The Balaban J connectivity index is 0.000000188. The molecular formula is C40H42IrN4OSi-2. The molecule has 5 nitrogen and oxygen atoms in total. The zero-order chi connectivity index (χ0) is 32.6. The number of aryl methyl sites for hydroxylation is 1. The van der Waals surface area contributed by atoms with Crippen molar-refractivity contribution in [2.75, 3.05) is 0 Å². The molecule has 243 valence electrons. The van der Waals surface area contributed by atoms with Crippen molar-refractivity contribution < 1.29 is 24.5 Å². The van der Waals surface area contributed by atoms with Crippen LogP contribution in [-0.4, -0.2) is 27.6 Å². The number of para-hydroxylation sites is 2. The first-order valence-electron chi connectivity index (χ1n) is 16.1. The molecule has 1 radical (unpaired) electrons. The summed E-state index contributed by atoms with van der Waals surface area (Å²) >= 11 is 0. The summed E-state index contributed by atoms with van der Waals surface area (Å²) < 4.78 is 8.47. The molecule has 0 aliphatic rings.